The second kappa shape index (κ2) is 7.52. The fourth-order valence-electron chi connectivity index (χ4n) is 2.42. The van der Waals surface area contributed by atoms with Gasteiger partial charge in [0.05, 0.1) is 0 Å². The van der Waals surface area contributed by atoms with Crippen molar-refractivity contribution in [3.63, 3.8) is 0 Å². The van der Waals surface area contributed by atoms with Crippen molar-refractivity contribution in [3.05, 3.63) is 72.7 Å². The van der Waals surface area contributed by atoms with E-state index in [2.05, 4.69) is 27.5 Å². The number of amides is 3. The highest BCUT2D eigenvalue weighted by atomic mass is 19.1. The molecule has 1 aromatic heterocycles. The Labute approximate surface area is 149 Å². The normalized spacial score (nSPS) is 10.3. The molecule has 3 aromatic rings. The molecule has 4 N–H and O–H groups in total. The van der Waals surface area contributed by atoms with Crippen molar-refractivity contribution in [2.45, 2.75) is 0 Å². The van der Waals surface area contributed by atoms with Crippen molar-refractivity contribution in [1.82, 2.24) is 10.3 Å². The van der Waals surface area contributed by atoms with Gasteiger partial charge in [0.15, 0.2) is 0 Å². The van der Waals surface area contributed by atoms with E-state index >= 15 is 0 Å². The number of urea groups is 1. The van der Waals surface area contributed by atoms with Crippen LogP contribution >= 0.6 is 0 Å². The smallest absolute Gasteiger partial charge is 0.319 e. The molecule has 3 amide bonds. The number of aromatic amines is 1. The second-order valence-electron chi connectivity index (χ2n) is 5.54. The van der Waals surface area contributed by atoms with Crippen molar-refractivity contribution in [2.24, 2.45) is 0 Å². The van der Waals surface area contributed by atoms with Crippen LogP contribution in [0.1, 0.15) is 10.5 Å². The summed E-state index contributed by atoms with van der Waals surface area (Å²) in [7, 11) is 0. The number of hydrogen-bond acceptors (Lipinski definition) is 2. The van der Waals surface area contributed by atoms with Gasteiger partial charge in [-0.05, 0) is 42.5 Å². The zero-order chi connectivity index (χ0) is 18.5. The van der Waals surface area contributed by atoms with Gasteiger partial charge in [-0.2, -0.15) is 0 Å². The molecule has 26 heavy (non-hydrogen) atoms. The minimum atomic E-state index is -0.386. The quantitative estimate of drug-likeness (QED) is 0.526. The molecule has 0 aliphatic rings. The van der Waals surface area contributed by atoms with Gasteiger partial charge in [-0.25, -0.2) is 9.18 Å². The number of rotatable bonds is 5. The van der Waals surface area contributed by atoms with Crippen LogP contribution < -0.4 is 16.0 Å². The van der Waals surface area contributed by atoms with E-state index in [1.807, 2.05) is 0 Å². The van der Waals surface area contributed by atoms with Crippen LogP contribution in [0.2, 0.25) is 0 Å². The number of fused-ring (bicyclic) bond motifs is 1. The Hall–Kier alpha value is -3.61. The lowest BCUT2D eigenvalue weighted by atomic mass is 10.2. The number of H-pyrrole nitrogens is 1. The van der Waals surface area contributed by atoms with E-state index in [0.717, 1.165) is 0 Å². The topological polar surface area (TPSA) is 86.0 Å². The first-order chi connectivity index (χ1) is 12.6. The number of hydrogen-bond donors (Lipinski definition) is 4. The molecule has 0 radical (unpaired) electrons. The zero-order valence-electron chi connectivity index (χ0n) is 13.8. The Morgan fingerprint density at radius 1 is 1.08 bits per heavy atom. The lowest BCUT2D eigenvalue weighted by Gasteiger charge is -2.08. The molecule has 0 bridgehead atoms. The number of halogens is 1. The molecule has 6 nitrogen and oxygen atoms in total. The Kier molecular flexibility index (Phi) is 4.98. The molecule has 1 heterocycles. The predicted octanol–water partition coefficient (Wildman–Crippen LogP) is 3.87. The Bertz CT molecular complexity index is 963. The maximum absolute atomic E-state index is 13.7. The molecule has 0 atom stereocenters. The standard InChI is InChI=1S/C19H17FN4O2/c1-2-10-21-19(26)23-13-8-6-12(7-9-13)22-18(25)17-11-14-15(20)4-3-5-16(14)24-17/h2-9,11,24H,1,10H2,(H,22,25)(H2,21,23,26). The van der Waals surface area contributed by atoms with Gasteiger partial charge in [0, 0.05) is 28.8 Å². The number of carbonyl (C=O) groups excluding carboxylic acids is 2. The van der Waals surface area contributed by atoms with Gasteiger partial charge in [0.1, 0.15) is 11.5 Å². The van der Waals surface area contributed by atoms with Crippen LogP contribution in [-0.2, 0) is 0 Å². The van der Waals surface area contributed by atoms with Crippen LogP contribution in [0.3, 0.4) is 0 Å². The highest BCUT2D eigenvalue weighted by molar-refractivity contribution is 6.06. The lowest BCUT2D eigenvalue weighted by molar-refractivity contribution is 0.102. The second-order valence-corrected chi connectivity index (χ2v) is 5.54. The first-order valence-electron chi connectivity index (χ1n) is 7.91. The van der Waals surface area contributed by atoms with Gasteiger partial charge in [-0.3, -0.25) is 4.79 Å². The van der Waals surface area contributed by atoms with E-state index < -0.39 is 0 Å². The number of aromatic nitrogens is 1. The third-order valence-electron chi connectivity index (χ3n) is 3.66. The zero-order valence-corrected chi connectivity index (χ0v) is 13.8. The van der Waals surface area contributed by atoms with E-state index in [1.54, 1.807) is 42.5 Å². The van der Waals surface area contributed by atoms with Crippen molar-refractivity contribution < 1.29 is 14.0 Å². The van der Waals surface area contributed by atoms with Gasteiger partial charge >= 0.3 is 6.03 Å². The molecule has 0 spiro atoms. The average Bonchev–Trinajstić information content (AvgIpc) is 3.07. The van der Waals surface area contributed by atoms with Crippen LogP contribution in [0.4, 0.5) is 20.6 Å². The molecule has 3 rings (SSSR count). The maximum atomic E-state index is 13.7. The van der Waals surface area contributed by atoms with E-state index in [4.69, 9.17) is 0 Å². The lowest BCUT2D eigenvalue weighted by Crippen LogP contribution is -2.28. The van der Waals surface area contributed by atoms with E-state index in [9.17, 15) is 14.0 Å². The average molecular weight is 352 g/mol. The van der Waals surface area contributed by atoms with E-state index in [-0.39, 0.29) is 23.4 Å². The molecule has 0 saturated heterocycles. The van der Waals surface area contributed by atoms with Gasteiger partial charge < -0.3 is 20.9 Å². The number of carbonyl (C=O) groups is 2. The molecular formula is C19H17FN4O2. The largest absolute Gasteiger partial charge is 0.350 e. The van der Waals surface area contributed by atoms with Crippen molar-refractivity contribution in [1.29, 1.82) is 0 Å². The first kappa shape index (κ1) is 17.2. The maximum Gasteiger partial charge on any atom is 0.319 e. The Balaban J connectivity index is 1.66. The highest BCUT2D eigenvalue weighted by Crippen LogP contribution is 2.20. The summed E-state index contributed by atoms with van der Waals surface area (Å²) in [6.45, 7) is 3.88. The summed E-state index contributed by atoms with van der Waals surface area (Å²) in [6.07, 6.45) is 1.58. The Morgan fingerprint density at radius 3 is 2.42 bits per heavy atom. The van der Waals surface area contributed by atoms with Crippen LogP contribution in [0.25, 0.3) is 10.9 Å². The molecule has 2 aromatic carbocycles. The Morgan fingerprint density at radius 2 is 1.77 bits per heavy atom. The predicted molar refractivity (Wildman–Crippen MR) is 99.9 cm³/mol. The molecule has 0 aliphatic carbocycles. The summed E-state index contributed by atoms with van der Waals surface area (Å²) in [5, 5.41) is 8.33. The third kappa shape index (κ3) is 3.89. The van der Waals surface area contributed by atoms with E-state index in [1.165, 1.54) is 12.1 Å². The minimum Gasteiger partial charge on any atom is -0.350 e. The fraction of sp³-hybridized carbons (Fsp3) is 0.0526. The van der Waals surface area contributed by atoms with Crippen LogP contribution in [0.5, 0.6) is 0 Å². The van der Waals surface area contributed by atoms with Crippen LogP contribution in [-0.4, -0.2) is 23.5 Å². The van der Waals surface area contributed by atoms with Gasteiger partial charge in [0.2, 0.25) is 0 Å². The van der Waals surface area contributed by atoms with Crippen molar-refractivity contribution >= 4 is 34.2 Å². The van der Waals surface area contributed by atoms with Crippen molar-refractivity contribution in [2.75, 3.05) is 17.2 Å². The molecule has 0 saturated carbocycles. The summed E-state index contributed by atoms with van der Waals surface area (Å²) in [6, 6.07) is 12.4. The summed E-state index contributed by atoms with van der Waals surface area (Å²) in [5.74, 6) is -0.770. The summed E-state index contributed by atoms with van der Waals surface area (Å²) in [5.41, 5.74) is 1.94. The molecule has 0 unspecified atom stereocenters. The monoisotopic (exact) mass is 352 g/mol. The van der Waals surface area contributed by atoms with Gasteiger partial charge in [0.25, 0.3) is 5.91 Å². The molecule has 0 aliphatic heterocycles. The summed E-state index contributed by atoms with van der Waals surface area (Å²) < 4.78 is 13.7. The summed E-state index contributed by atoms with van der Waals surface area (Å²) in [4.78, 5) is 26.8. The molecule has 7 heteroatoms. The van der Waals surface area contributed by atoms with Gasteiger partial charge in [-0.1, -0.05) is 12.1 Å². The molecule has 0 fully saturated rings. The number of anilines is 2. The molecular weight excluding hydrogens is 335 g/mol. The number of nitrogens with one attached hydrogen (secondary N) is 4. The fourth-order valence-corrected chi connectivity index (χ4v) is 2.42. The highest BCUT2D eigenvalue weighted by Gasteiger charge is 2.12. The van der Waals surface area contributed by atoms with Crippen LogP contribution in [0.15, 0.2) is 61.2 Å². The van der Waals surface area contributed by atoms with E-state index in [0.29, 0.717) is 28.8 Å². The third-order valence-corrected chi connectivity index (χ3v) is 3.66. The van der Waals surface area contributed by atoms with Crippen molar-refractivity contribution in [3.8, 4) is 0 Å². The SMILES string of the molecule is C=CCNC(=O)Nc1ccc(NC(=O)c2cc3c(F)cccc3[nH]2)cc1. The van der Waals surface area contributed by atoms with Gasteiger partial charge in [-0.15, -0.1) is 6.58 Å². The van der Waals surface area contributed by atoms with Crippen LogP contribution in [0, 0.1) is 5.82 Å². The molecule has 132 valence electrons. The number of benzene rings is 2. The minimum absolute atomic E-state index is 0.260. The summed E-state index contributed by atoms with van der Waals surface area (Å²) >= 11 is 0. The first-order valence-corrected chi connectivity index (χ1v) is 7.91.